The van der Waals surface area contributed by atoms with E-state index in [1.807, 2.05) is 42.5 Å². The average molecular weight is 364 g/mol. The quantitative estimate of drug-likeness (QED) is 0.628. The van der Waals surface area contributed by atoms with Crippen molar-refractivity contribution in [2.45, 2.75) is 19.6 Å². The van der Waals surface area contributed by atoms with Gasteiger partial charge in [0.1, 0.15) is 12.7 Å². The summed E-state index contributed by atoms with van der Waals surface area (Å²) < 4.78 is 7.02. The lowest BCUT2D eigenvalue weighted by Gasteiger charge is -2.21. The molecule has 0 aliphatic rings. The second-order valence-corrected chi connectivity index (χ2v) is 6.07. The van der Waals surface area contributed by atoms with Crippen molar-refractivity contribution in [1.29, 1.82) is 0 Å². The van der Waals surface area contributed by atoms with Crippen molar-refractivity contribution in [1.82, 2.24) is 14.8 Å². The Bertz CT molecular complexity index is 893. The Hall–Kier alpha value is -3.48. The molecule has 0 aliphatic heterocycles. The Balaban J connectivity index is 1.60. The van der Waals surface area contributed by atoms with E-state index in [9.17, 15) is 9.59 Å². The molecule has 0 spiro atoms. The molecule has 0 bridgehead atoms. The maximum atomic E-state index is 12.5. The van der Waals surface area contributed by atoms with Crippen molar-refractivity contribution < 1.29 is 14.3 Å². The zero-order valence-electron chi connectivity index (χ0n) is 15.1. The summed E-state index contributed by atoms with van der Waals surface area (Å²) in [7, 11) is 1.65. The van der Waals surface area contributed by atoms with Gasteiger partial charge in [-0.25, -0.2) is 14.5 Å². The van der Waals surface area contributed by atoms with Gasteiger partial charge in [0.15, 0.2) is 6.10 Å². The second-order valence-electron chi connectivity index (χ2n) is 6.07. The highest BCUT2D eigenvalue weighted by atomic mass is 16.5. The zero-order valence-corrected chi connectivity index (χ0v) is 15.1. The number of rotatable bonds is 6. The van der Waals surface area contributed by atoms with Crippen molar-refractivity contribution >= 4 is 17.6 Å². The lowest BCUT2D eigenvalue weighted by Crippen LogP contribution is -2.37. The van der Waals surface area contributed by atoms with Crippen LogP contribution in [0.2, 0.25) is 0 Å². The molecule has 1 heterocycles. The van der Waals surface area contributed by atoms with Crippen LogP contribution < -0.4 is 4.90 Å². The van der Waals surface area contributed by atoms with Crippen molar-refractivity contribution in [3.63, 3.8) is 0 Å². The number of hydrogen-bond donors (Lipinski definition) is 0. The van der Waals surface area contributed by atoms with E-state index in [1.165, 1.54) is 11.2 Å². The summed E-state index contributed by atoms with van der Waals surface area (Å²) in [4.78, 5) is 30.2. The van der Waals surface area contributed by atoms with Crippen LogP contribution in [-0.2, 0) is 16.1 Å². The summed E-state index contributed by atoms with van der Waals surface area (Å²) in [5, 5.41) is 4.04. The van der Waals surface area contributed by atoms with E-state index in [2.05, 4.69) is 10.1 Å². The molecule has 0 unspecified atom stereocenters. The molecule has 2 aromatic carbocycles. The van der Waals surface area contributed by atoms with Gasteiger partial charge in [0, 0.05) is 12.7 Å². The Morgan fingerprint density at radius 2 is 1.81 bits per heavy atom. The summed E-state index contributed by atoms with van der Waals surface area (Å²) in [5.74, 6) is -0.832. The number of likely N-dealkylation sites (N-methyl/N-ethyl adjacent to an activating group) is 1. The molecular weight excluding hydrogens is 344 g/mol. The Labute approximate surface area is 157 Å². The number of aromatic nitrogens is 3. The molecule has 1 amide bonds. The number of amides is 1. The molecule has 0 N–H and O–H groups in total. The fourth-order valence-electron chi connectivity index (χ4n) is 2.58. The smallest absolute Gasteiger partial charge is 0.338 e. The van der Waals surface area contributed by atoms with Crippen LogP contribution in [0.25, 0.3) is 0 Å². The SMILES string of the molecule is C[C@H](OC(=O)c1ccc(Cn2cncn2)cc1)C(=O)N(C)c1ccccc1. The minimum atomic E-state index is -0.891. The topological polar surface area (TPSA) is 77.3 Å². The zero-order chi connectivity index (χ0) is 19.2. The number of anilines is 1. The maximum Gasteiger partial charge on any atom is 0.338 e. The highest BCUT2D eigenvalue weighted by molar-refractivity contribution is 5.98. The van der Waals surface area contributed by atoms with Gasteiger partial charge in [-0.05, 0) is 36.8 Å². The van der Waals surface area contributed by atoms with E-state index < -0.39 is 12.1 Å². The standard InChI is InChI=1S/C20H20N4O3/c1-15(19(25)23(2)18-6-4-3-5-7-18)27-20(26)17-10-8-16(9-11-17)12-24-14-21-13-22-24/h3-11,13-15H,12H2,1-2H3/t15-/m0/s1. The second kappa shape index (κ2) is 8.27. The number of carbonyl (C=O) groups excluding carboxylic acids is 2. The maximum absolute atomic E-state index is 12.5. The molecular formula is C20H20N4O3. The molecule has 138 valence electrons. The van der Waals surface area contributed by atoms with Crippen molar-refractivity contribution in [3.8, 4) is 0 Å². The van der Waals surface area contributed by atoms with Gasteiger partial charge in [-0.2, -0.15) is 5.10 Å². The summed E-state index contributed by atoms with van der Waals surface area (Å²) in [5.41, 5.74) is 2.10. The molecule has 0 fully saturated rings. The fraction of sp³-hybridized carbons (Fsp3) is 0.200. The van der Waals surface area contributed by atoms with Gasteiger partial charge >= 0.3 is 5.97 Å². The van der Waals surface area contributed by atoms with Gasteiger partial charge < -0.3 is 9.64 Å². The summed E-state index contributed by atoms with van der Waals surface area (Å²) in [6.07, 6.45) is 2.20. The van der Waals surface area contributed by atoms with Gasteiger partial charge in [0.2, 0.25) is 0 Å². The number of benzene rings is 2. The third kappa shape index (κ3) is 4.58. The fourth-order valence-corrected chi connectivity index (χ4v) is 2.58. The monoisotopic (exact) mass is 364 g/mol. The molecule has 0 saturated carbocycles. The number of carbonyl (C=O) groups is 2. The van der Waals surface area contributed by atoms with E-state index in [4.69, 9.17) is 4.74 Å². The lowest BCUT2D eigenvalue weighted by atomic mass is 10.1. The third-order valence-corrected chi connectivity index (χ3v) is 4.11. The van der Waals surface area contributed by atoms with E-state index in [0.29, 0.717) is 12.1 Å². The van der Waals surface area contributed by atoms with E-state index in [1.54, 1.807) is 37.1 Å². The predicted octanol–water partition coefficient (Wildman–Crippen LogP) is 2.53. The molecule has 27 heavy (non-hydrogen) atoms. The first-order valence-electron chi connectivity index (χ1n) is 8.49. The number of hydrogen-bond acceptors (Lipinski definition) is 5. The third-order valence-electron chi connectivity index (χ3n) is 4.11. The van der Waals surface area contributed by atoms with Crippen molar-refractivity contribution in [2.24, 2.45) is 0 Å². The van der Waals surface area contributed by atoms with Crippen LogP contribution >= 0.6 is 0 Å². The molecule has 7 heteroatoms. The van der Waals surface area contributed by atoms with E-state index >= 15 is 0 Å². The summed E-state index contributed by atoms with van der Waals surface area (Å²) in [6, 6.07) is 16.2. The van der Waals surface area contributed by atoms with Crippen LogP contribution in [-0.4, -0.2) is 39.8 Å². The summed E-state index contributed by atoms with van der Waals surface area (Å²) in [6.45, 7) is 2.13. The Morgan fingerprint density at radius 3 is 2.44 bits per heavy atom. The molecule has 0 radical (unpaired) electrons. The van der Waals surface area contributed by atoms with E-state index in [0.717, 1.165) is 11.3 Å². The highest BCUT2D eigenvalue weighted by Gasteiger charge is 2.23. The number of ether oxygens (including phenoxy) is 1. The first-order valence-corrected chi connectivity index (χ1v) is 8.49. The van der Waals surface area contributed by atoms with Gasteiger partial charge in [0.25, 0.3) is 5.91 Å². The Kier molecular flexibility index (Phi) is 5.61. The first-order chi connectivity index (χ1) is 13.0. The Morgan fingerprint density at radius 1 is 1.11 bits per heavy atom. The van der Waals surface area contributed by atoms with Crippen LogP contribution in [0.15, 0.2) is 67.3 Å². The van der Waals surface area contributed by atoms with Crippen LogP contribution in [0.1, 0.15) is 22.8 Å². The molecule has 3 rings (SSSR count). The minimum Gasteiger partial charge on any atom is -0.449 e. The normalized spacial score (nSPS) is 11.6. The van der Waals surface area contributed by atoms with Crippen LogP contribution in [0.3, 0.4) is 0 Å². The predicted molar refractivity (Wildman–Crippen MR) is 100 cm³/mol. The van der Waals surface area contributed by atoms with E-state index in [-0.39, 0.29) is 5.91 Å². The number of esters is 1. The first kappa shape index (κ1) is 18.3. The molecule has 1 atom stereocenters. The minimum absolute atomic E-state index is 0.294. The van der Waals surface area contributed by atoms with Gasteiger partial charge in [0.05, 0.1) is 12.1 Å². The van der Waals surface area contributed by atoms with Crippen molar-refractivity contribution in [3.05, 3.63) is 78.4 Å². The number of nitrogens with zero attached hydrogens (tertiary/aromatic N) is 4. The average Bonchev–Trinajstić information content (AvgIpc) is 3.21. The highest BCUT2D eigenvalue weighted by Crippen LogP contribution is 2.14. The van der Waals surface area contributed by atoms with Crippen LogP contribution in [0.5, 0.6) is 0 Å². The van der Waals surface area contributed by atoms with Crippen LogP contribution in [0.4, 0.5) is 5.69 Å². The van der Waals surface area contributed by atoms with Gasteiger partial charge in [-0.15, -0.1) is 0 Å². The van der Waals surface area contributed by atoms with Crippen LogP contribution in [0, 0.1) is 0 Å². The largest absolute Gasteiger partial charge is 0.449 e. The lowest BCUT2D eigenvalue weighted by molar-refractivity contribution is -0.126. The number of para-hydroxylation sites is 1. The molecule has 1 aromatic heterocycles. The molecule has 0 saturated heterocycles. The van der Waals surface area contributed by atoms with Gasteiger partial charge in [-0.1, -0.05) is 30.3 Å². The van der Waals surface area contributed by atoms with Gasteiger partial charge in [-0.3, -0.25) is 4.79 Å². The summed E-state index contributed by atoms with van der Waals surface area (Å²) >= 11 is 0. The molecule has 7 nitrogen and oxygen atoms in total. The molecule has 0 aliphatic carbocycles. The molecule has 3 aromatic rings. The van der Waals surface area contributed by atoms with Crippen molar-refractivity contribution in [2.75, 3.05) is 11.9 Å².